The standard InChI is InChI=1S/C24H33N3O9/c1-5-35-22(31)12-9-17(24(33)36-6-2)27-23(32)15(3)26-21(30)14-25-20(29)11-8-16-7-10-18(28)19(13-16)34-4/h7-8,10-11,13,15,17,28H,5-6,9,12,14H2,1-4H3,(H,25,29)(H,26,30)(H,27,32)/b11-8+/t15-,17-/m0/s1/i/hD. The Labute approximate surface area is 210 Å². The topological polar surface area (TPSA) is 169 Å². The van der Waals surface area contributed by atoms with Gasteiger partial charge >= 0.3 is 11.9 Å². The Kier molecular flexibility index (Phi) is 12.3. The molecular weight excluding hydrogens is 474 g/mol. The molecule has 0 saturated heterocycles. The molecule has 0 aromatic heterocycles. The van der Waals surface area contributed by atoms with Crippen molar-refractivity contribution < 1.29 is 44.7 Å². The van der Waals surface area contributed by atoms with Gasteiger partial charge in [0.2, 0.25) is 17.7 Å². The molecule has 1 aromatic rings. The van der Waals surface area contributed by atoms with Gasteiger partial charge < -0.3 is 35.3 Å². The van der Waals surface area contributed by atoms with Crippen molar-refractivity contribution in [3.05, 3.63) is 29.8 Å². The van der Waals surface area contributed by atoms with Crippen LogP contribution in [0.25, 0.3) is 6.08 Å². The molecule has 0 heterocycles. The average molecular weight is 509 g/mol. The van der Waals surface area contributed by atoms with Crippen LogP contribution in [-0.4, -0.2) is 73.7 Å². The molecule has 12 nitrogen and oxygen atoms in total. The van der Waals surface area contributed by atoms with E-state index in [1.54, 1.807) is 19.9 Å². The van der Waals surface area contributed by atoms with Crippen LogP contribution in [0.2, 0.25) is 1.41 Å². The molecule has 4 N–H and O–H groups in total. The molecule has 3 amide bonds. The lowest BCUT2D eigenvalue weighted by molar-refractivity contribution is -0.149. The van der Waals surface area contributed by atoms with Crippen LogP contribution in [0.3, 0.4) is 0 Å². The SMILES string of the molecule is [2H]N(C(=O)CNC(=O)/C=C/c1ccc(O)c(OC)c1)[C@@H](C)C(=O)N[C@@H](CCC(=O)OCC)C(=O)OCC. The number of hydrogen-bond donors (Lipinski definition) is 4. The third-order valence-corrected chi connectivity index (χ3v) is 4.59. The number of ether oxygens (including phenoxy) is 3. The van der Waals surface area contributed by atoms with Crippen molar-refractivity contribution >= 4 is 35.7 Å². The Morgan fingerprint density at radius 1 is 1.14 bits per heavy atom. The first-order chi connectivity index (χ1) is 17.5. The van der Waals surface area contributed by atoms with E-state index < -0.39 is 48.3 Å². The van der Waals surface area contributed by atoms with E-state index in [1.165, 1.54) is 32.2 Å². The number of esters is 2. The van der Waals surface area contributed by atoms with E-state index in [1.807, 2.05) is 0 Å². The van der Waals surface area contributed by atoms with Gasteiger partial charge in [0.1, 0.15) is 12.1 Å². The van der Waals surface area contributed by atoms with E-state index in [0.717, 1.165) is 6.08 Å². The van der Waals surface area contributed by atoms with Crippen molar-refractivity contribution in [2.45, 2.75) is 45.7 Å². The van der Waals surface area contributed by atoms with E-state index in [2.05, 4.69) is 10.6 Å². The van der Waals surface area contributed by atoms with E-state index in [9.17, 15) is 29.1 Å². The quantitative estimate of drug-likeness (QED) is 0.206. The van der Waals surface area contributed by atoms with Crippen LogP contribution in [0.5, 0.6) is 11.5 Å². The fourth-order valence-electron chi connectivity index (χ4n) is 2.79. The number of aromatic hydroxyl groups is 1. The largest absolute Gasteiger partial charge is 0.504 e. The van der Waals surface area contributed by atoms with Gasteiger partial charge in [-0.2, -0.15) is 0 Å². The second-order valence-corrected chi connectivity index (χ2v) is 7.34. The molecule has 1 rings (SSSR count). The van der Waals surface area contributed by atoms with Crippen molar-refractivity contribution in [1.29, 1.82) is 0 Å². The summed E-state index contributed by atoms with van der Waals surface area (Å²) >= 11 is 0. The van der Waals surface area contributed by atoms with E-state index in [-0.39, 0.29) is 37.6 Å². The Balaban J connectivity index is 2.66. The zero-order chi connectivity index (χ0) is 28.0. The Hall–Kier alpha value is -4.09. The predicted molar refractivity (Wildman–Crippen MR) is 129 cm³/mol. The van der Waals surface area contributed by atoms with Gasteiger partial charge in [0, 0.05) is 12.5 Å². The second kappa shape index (κ2) is 15.7. The molecule has 0 aliphatic carbocycles. The maximum Gasteiger partial charge on any atom is 0.328 e. The number of carbonyl (C=O) groups excluding carboxylic acids is 5. The maximum absolute atomic E-state index is 12.6. The van der Waals surface area contributed by atoms with Crippen LogP contribution in [0, 0.1) is 0 Å². The minimum Gasteiger partial charge on any atom is -0.504 e. The molecular formula is C24H33N3O9. The summed E-state index contributed by atoms with van der Waals surface area (Å²) in [5.74, 6) is -3.48. The summed E-state index contributed by atoms with van der Waals surface area (Å²) in [4.78, 5) is 60.7. The first-order valence-corrected chi connectivity index (χ1v) is 11.3. The van der Waals surface area contributed by atoms with Gasteiger partial charge in [0.15, 0.2) is 12.9 Å². The number of methoxy groups -OCH3 is 1. The molecule has 2 atom stereocenters. The minimum atomic E-state index is -1.32. The van der Waals surface area contributed by atoms with Crippen LogP contribution >= 0.6 is 0 Å². The first kappa shape index (κ1) is 28.1. The van der Waals surface area contributed by atoms with Gasteiger partial charge in [0.05, 0.1) is 26.9 Å². The molecule has 0 aliphatic heterocycles. The Bertz CT molecular complexity index is 1000. The summed E-state index contributed by atoms with van der Waals surface area (Å²) in [6.45, 7) is 4.15. The van der Waals surface area contributed by atoms with E-state index in [0.29, 0.717) is 10.9 Å². The maximum atomic E-state index is 12.6. The normalized spacial score (nSPS) is 12.6. The summed E-state index contributed by atoms with van der Waals surface area (Å²) < 4.78 is 22.7. The minimum absolute atomic E-state index is 0.0532. The zero-order valence-corrected chi connectivity index (χ0v) is 20.7. The summed E-state index contributed by atoms with van der Waals surface area (Å²) in [7, 11) is 1.38. The fourth-order valence-corrected chi connectivity index (χ4v) is 2.79. The zero-order valence-electron chi connectivity index (χ0n) is 21.7. The Morgan fingerprint density at radius 3 is 2.47 bits per heavy atom. The van der Waals surface area contributed by atoms with Crippen molar-refractivity contribution in [2.24, 2.45) is 0 Å². The van der Waals surface area contributed by atoms with Crippen molar-refractivity contribution in [3.63, 3.8) is 0 Å². The highest BCUT2D eigenvalue weighted by Crippen LogP contribution is 2.26. The lowest BCUT2D eigenvalue weighted by Gasteiger charge is -2.20. The number of nitrogens with one attached hydrogen (secondary N) is 3. The number of phenolic OH excluding ortho intramolecular Hbond substituents is 1. The van der Waals surface area contributed by atoms with Crippen LogP contribution in [0.4, 0.5) is 0 Å². The molecule has 0 fully saturated rings. The molecule has 36 heavy (non-hydrogen) atoms. The molecule has 12 heteroatoms. The summed E-state index contributed by atoms with van der Waals surface area (Å²) in [6, 6.07) is 1.96. The molecule has 0 saturated carbocycles. The molecule has 1 aromatic carbocycles. The van der Waals surface area contributed by atoms with Crippen LogP contribution in [-0.2, 0) is 33.4 Å². The van der Waals surface area contributed by atoms with Crippen LogP contribution in [0.1, 0.15) is 39.2 Å². The monoisotopic (exact) mass is 508 g/mol. The highest BCUT2D eigenvalue weighted by atomic mass is 16.5. The van der Waals surface area contributed by atoms with Gasteiger partial charge in [-0.3, -0.25) is 19.2 Å². The Morgan fingerprint density at radius 2 is 1.83 bits per heavy atom. The van der Waals surface area contributed by atoms with Gasteiger partial charge in [-0.25, -0.2) is 4.79 Å². The third kappa shape index (κ3) is 10.9. The second-order valence-electron chi connectivity index (χ2n) is 7.34. The lowest BCUT2D eigenvalue weighted by atomic mass is 10.1. The fraction of sp³-hybridized carbons (Fsp3) is 0.458. The number of benzene rings is 1. The molecule has 0 radical (unpaired) electrons. The smallest absolute Gasteiger partial charge is 0.328 e. The van der Waals surface area contributed by atoms with E-state index in [4.69, 9.17) is 15.6 Å². The third-order valence-electron chi connectivity index (χ3n) is 4.59. The summed E-state index contributed by atoms with van der Waals surface area (Å²) in [6.07, 6.45) is 2.35. The van der Waals surface area contributed by atoms with Crippen LogP contribution in [0.15, 0.2) is 24.3 Å². The number of amides is 3. The molecule has 0 aliphatic rings. The van der Waals surface area contributed by atoms with Crippen LogP contribution < -0.4 is 20.7 Å². The van der Waals surface area contributed by atoms with E-state index >= 15 is 0 Å². The molecule has 198 valence electrons. The first-order valence-electron chi connectivity index (χ1n) is 11.7. The highest BCUT2D eigenvalue weighted by Gasteiger charge is 2.26. The highest BCUT2D eigenvalue weighted by molar-refractivity contribution is 5.95. The predicted octanol–water partition coefficient (Wildman–Crippen LogP) is 0.426. The van der Waals surface area contributed by atoms with Gasteiger partial charge in [-0.15, -0.1) is 0 Å². The average Bonchev–Trinajstić information content (AvgIpc) is 2.88. The lowest BCUT2D eigenvalue weighted by Crippen LogP contribution is -2.52. The van der Waals surface area contributed by atoms with Gasteiger partial charge in [-0.1, -0.05) is 6.07 Å². The van der Waals surface area contributed by atoms with Crippen molar-refractivity contribution in [1.82, 2.24) is 15.9 Å². The number of hydrogen-bond acceptors (Lipinski definition) is 9. The van der Waals surface area contributed by atoms with Gasteiger partial charge in [-0.05, 0) is 51.0 Å². The number of rotatable bonds is 14. The number of phenols is 1. The number of carbonyl (C=O) groups is 5. The van der Waals surface area contributed by atoms with Crippen molar-refractivity contribution in [3.8, 4) is 11.5 Å². The molecule has 0 spiro atoms. The van der Waals surface area contributed by atoms with Gasteiger partial charge in [0.25, 0.3) is 0 Å². The van der Waals surface area contributed by atoms with Crippen molar-refractivity contribution in [2.75, 3.05) is 26.9 Å². The molecule has 0 bridgehead atoms. The summed E-state index contributed by atoms with van der Waals surface area (Å²) in [5, 5.41) is 14.7. The summed E-state index contributed by atoms with van der Waals surface area (Å²) in [5.41, 5.74) is 0.558. The molecule has 0 unspecified atom stereocenters.